The van der Waals surface area contributed by atoms with Gasteiger partial charge in [-0.2, -0.15) is 5.10 Å². The Morgan fingerprint density at radius 1 is 1.00 bits per heavy atom. The molecule has 0 aliphatic carbocycles. The molecule has 0 radical (unpaired) electrons. The number of hydrogen-bond donors (Lipinski definition) is 1. The molecule has 3 aromatic carbocycles. The summed E-state index contributed by atoms with van der Waals surface area (Å²) in [6.45, 7) is 2.53. The molecule has 1 heterocycles. The molecule has 4 aromatic rings. The molecule has 9 nitrogen and oxygen atoms in total. The Morgan fingerprint density at radius 3 is 2.49 bits per heavy atom. The summed E-state index contributed by atoms with van der Waals surface area (Å²) in [6, 6.07) is 22.9. The van der Waals surface area contributed by atoms with Crippen molar-refractivity contribution >= 4 is 23.9 Å². The first-order chi connectivity index (χ1) is 18.1. The largest absolute Gasteiger partial charge is 0.494 e. The summed E-state index contributed by atoms with van der Waals surface area (Å²) in [5, 5.41) is 13.4. The molecule has 1 amide bonds. The second-order valence-corrected chi connectivity index (χ2v) is 8.54. The van der Waals surface area contributed by atoms with Crippen LogP contribution in [-0.2, 0) is 4.79 Å². The van der Waals surface area contributed by atoms with Crippen molar-refractivity contribution in [3.63, 3.8) is 0 Å². The number of amides is 1. The number of para-hydroxylation sites is 1. The zero-order valence-electron chi connectivity index (χ0n) is 20.7. The molecule has 0 fully saturated rings. The SMILES string of the molecule is CCOc1ccc(-n2c(SCC(=O)N/N=C/c3cccc(OC)c3OC)nnc2-c2ccccc2)cc1. The highest BCUT2D eigenvalue weighted by atomic mass is 32.2. The van der Waals surface area contributed by atoms with E-state index in [1.165, 1.54) is 18.0 Å². The minimum Gasteiger partial charge on any atom is -0.494 e. The number of benzene rings is 3. The fourth-order valence-corrected chi connectivity index (χ4v) is 4.32. The molecular formula is C27H27N5O4S. The highest BCUT2D eigenvalue weighted by Crippen LogP contribution is 2.30. The smallest absolute Gasteiger partial charge is 0.250 e. The van der Waals surface area contributed by atoms with Crippen molar-refractivity contribution in [1.29, 1.82) is 0 Å². The maximum Gasteiger partial charge on any atom is 0.250 e. The maximum atomic E-state index is 12.5. The van der Waals surface area contributed by atoms with E-state index in [1.807, 2.05) is 78.2 Å². The molecule has 190 valence electrons. The number of carbonyl (C=O) groups excluding carboxylic acids is 1. The Bertz CT molecular complexity index is 1360. The number of ether oxygens (including phenoxy) is 3. The molecule has 37 heavy (non-hydrogen) atoms. The predicted octanol–water partition coefficient (Wildman–Crippen LogP) is 4.59. The van der Waals surface area contributed by atoms with Gasteiger partial charge in [0, 0.05) is 16.8 Å². The van der Waals surface area contributed by atoms with Gasteiger partial charge in [0.25, 0.3) is 5.91 Å². The van der Waals surface area contributed by atoms with E-state index in [4.69, 9.17) is 14.2 Å². The Hall–Kier alpha value is -4.31. The highest BCUT2D eigenvalue weighted by Gasteiger charge is 2.17. The molecule has 1 aromatic heterocycles. The molecular weight excluding hydrogens is 490 g/mol. The number of rotatable bonds is 11. The van der Waals surface area contributed by atoms with E-state index in [2.05, 4.69) is 20.7 Å². The third kappa shape index (κ3) is 6.28. The van der Waals surface area contributed by atoms with Gasteiger partial charge in [0.15, 0.2) is 22.5 Å². The quantitative estimate of drug-likeness (QED) is 0.176. The van der Waals surface area contributed by atoms with Gasteiger partial charge in [-0.15, -0.1) is 10.2 Å². The van der Waals surface area contributed by atoms with Crippen LogP contribution in [0.3, 0.4) is 0 Å². The number of hydrogen-bond acceptors (Lipinski definition) is 8. The van der Waals surface area contributed by atoms with Gasteiger partial charge in [-0.05, 0) is 43.3 Å². The highest BCUT2D eigenvalue weighted by molar-refractivity contribution is 7.99. The normalized spacial score (nSPS) is 10.9. The second-order valence-electron chi connectivity index (χ2n) is 7.60. The summed E-state index contributed by atoms with van der Waals surface area (Å²) in [6.07, 6.45) is 1.51. The van der Waals surface area contributed by atoms with Crippen molar-refractivity contribution in [2.75, 3.05) is 26.6 Å². The number of carbonyl (C=O) groups is 1. The first-order valence-electron chi connectivity index (χ1n) is 11.5. The van der Waals surface area contributed by atoms with Gasteiger partial charge >= 0.3 is 0 Å². The van der Waals surface area contributed by atoms with Crippen molar-refractivity contribution in [3.8, 4) is 34.3 Å². The van der Waals surface area contributed by atoms with Gasteiger partial charge in [0.1, 0.15) is 5.75 Å². The lowest BCUT2D eigenvalue weighted by atomic mass is 10.2. The Balaban J connectivity index is 1.50. The van der Waals surface area contributed by atoms with Crippen LogP contribution in [0.5, 0.6) is 17.2 Å². The van der Waals surface area contributed by atoms with Crippen LogP contribution >= 0.6 is 11.8 Å². The molecule has 0 bridgehead atoms. The number of nitrogens with one attached hydrogen (secondary N) is 1. The van der Waals surface area contributed by atoms with Gasteiger partial charge in [-0.3, -0.25) is 9.36 Å². The third-order valence-electron chi connectivity index (χ3n) is 5.23. The summed E-state index contributed by atoms with van der Waals surface area (Å²) < 4.78 is 18.2. The molecule has 0 aliphatic rings. The Kier molecular flexibility index (Phi) is 8.77. The number of aromatic nitrogens is 3. The zero-order valence-corrected chi connectivity index (χ0v) is 21.6. The maximum absolute atomic E-state index is 12.5. The van der Waals surface area contributed by atoms with Crippen LogP contribution in [0.25, 0.3) is 17.1 Å². The van der Waals surface area contributed by atoms with Gasteiger partial charge in [0.05, 0.1) is 32.8 Å². The monoisotopic (exact) mass is 517 g/mol. The summed E-state index contributed by atoms with van der Waals surface area (Å²) in [7, 11) is 3.11. The molecule has 0 aliphatic heterocycles. The molecule has 0 spiro atoms. The van der Waals surface area contributed by atoms with Crippen molar-refractivity contribution in [1.82, 2.24) is 20.2 Å². The Labute approximate surface area is 219 Å². The summed E-state index contributed by atoms with van der Waals surface area (Å²) >= 11 is 1.27. The van der Waals surface area contributed by atoms with Crippen LogP contribution in [0.4, 0.5) is 0 Å². The fraction of sp³-hybridized carbons (Fsp3) is 0.185. The van der Waals surface area contributed by atoms with Crippen molar-refractivity contribution < 1.29 is 19.0 Å². The summed E-state index contributed by atoms with van der Waals surface area (Å²) in [4.78, 5) is 12.5. The number of nitrogens with zero attached hydrogens (tertiary/aromatic N) is 4. The minimum atomic E-state index is -0.286. The van der Waals surface area contributed by atoms with Crippen LogP contribution in [-0.4, -0.2) is 53.5 Å². The van der Waals surface area contributed by atoms with E-state index in [-0.39, 0.29) is 11.7 Å². The molecule has 0 saturated heterocycles. The lowest BCUT2D eigenvalue weighted by Crippen LogP contribution is -2.20. The van der Waals surface area contributed by atoms with E-state index in [9.17, 15) is 4.79 Å². The molecule has 4 rings (SSSR count). The van der Waals surface area contributed by atoms with E-state index in [0.717, 1.165) is 17.0 Å². The van der Waals surface area contributed by atoms with E-state index >= 15 is 0 Å². The van der Waals surface area contributed by atoms with Gasteiger partial charge in [-0.1, -0.05) is 48.2 Å². The third-order valence-corrected chi connectivity index (χ3v) is 6.16. The summed E-state index contributed by atoms with van der Waals surface area (Å²) in [5.74, 6) is 2.38. The number of thioether (sulfide) groups is 1. The number of hydrazone groups is 1. The standard InChI is InChI=1S/C27H27N5O4S/c1-4-36-22-15-13-21(14-16-22)32-26(19-9-6-5-7-10-19)30-31-27(32)37-18-24(33)29-28-17-20-11-8-12-23(34-2)25(20)35-3/h5-17H,4,18H2,1-3H3,(H,29,33)/b28-17+. The second kappa shape index (κ2) is 12.6. The minimum absolute atomic E-state index is 0.0938. The van der Waals surface area contributed by atoms with Crippen molar-refractivity contribution in [3.05, 3.63) is 78.4 Å². The van der Waals surface area contributed by atoms with E-state index in [0.29, 0.717) is 34.7 Å². The first kappa shape index (κ1) is 25.8. The van der Waals surface area contributed by atoms with E-state index < -0.39 is 0 Å². The molecule has 1 N–H and O–H groups in total. The molecule has 0 atom stereocenters. The van der Waals surface area contributed by atoms with Crippen LogP contribution in [0.2, 0.25) is 0 Å². The van der Waals surface area contributed by atoms with Gasteiger partial charge < -0.3 is 14.2 Å². The summed E-state index contributed by atoms with van der Waals surface area (Å²) in [5.41, 5.74) is 5.00. The van der Waals surface area contributed by atoms with Crippen molar-refractivity contribution in [2.24, 2.45) is 5.10 Å². The van der Waals surface area contributed by atoms with Crippen LogP contribution in [0.15, 0.2) is 83.1 Å². The lowest BCUT2D eigenvalue weighted by molar-refractivity contribution is -0.118. The first-order valence-corrected chi connectivity index (χ1v) is 12.5. The van der Waals surface area contributed by atoms with Gasteiger partial charge in [0.2, 0.25) is 0 Å². The van der Waals surface area contributed by atoms with Crippen LogP contribution in [0.1, 0.15) is 12.5 Å². The van der Waals surface area contributed by atoms with Crippen LogP contribution < -0.4 is 19.6 Å². The van der Waals surface area contributed by atoms with Crippen LogP contribution in [0, 0.1) is 0 Å². The fourth-order valence-electron chi connectivity index (χ4n) is 3.58. The molecule has 0 unspecified atom stereocenters. The van der Waals surface area contributed by atoms with Crippen molar-refractivity contribution in [2.45, 2.75) is 12.1 Å². The lowest BCUT2D eigenvalue weighted by Gasteiger charge is -2.11. The topological polar surface area (TPSA) is 99.9 Å². The average Bonchev–Trinajstić information content (AvgIpc) is 3.36. The molecule has 10 heteroatoms. The average molecular weight is 518 g/mol. The zero-order chi connectivity index (χ0) is 26.0. The number of methoxy groups -OCH3 is 2. The predicted molar refractivity (Wildman–Crippen MR) is 144 cm³/mol. The Morgan fingerprint density at radius 2 is 1.78 bits per heavy atom. The molecule has 0 saturated carbocycles. The van der Waals surface area contributed by atoms with Gasteiger partial charge in [-0.25, -0.2) is 5.43 Å². The van der Waals surface area contributed by atoms with E-state index in [1.54, 1.807) is 20.3 Å².